The van der Waals surface area contributed by atoms with E-state index in [1.54, 1.807) is 18.2 Å². The van der Waals surface area contributed by atoms with Crippen molar-refractivity contribution in [2.24, 2.45) is 5.92 Å². The van der Waals surface area contributed by atoms with Gasteiger partial charge >= 0.3 is 0 Å². The minimum Gasteiger partial charge on any atom is -0.345 e. The zero-order valence-electron chi connectivity index (χ0n) is 16.4. The quantitative estimate of drug-likeness (QED) is 0.600. The summed E-state index contributed by atoms with van der Waals surface area (Å²) in [7, 11) is 0. The molecule has 0 aliphatic rings. The van der Waals surface area contributed by atoms with Crippen molar-refractivity contribution in [3.63, 3.8) is 0 Å². The van der Waals surface area contributed by atoms with Gasteiger partial charge in [0.1, 0.15) is 0 Å². The first-order chi connectivity index (χ1) is 13.4. The maximum atomic E-state index is 12.9. The second-order valence-corrected chi connectivity index (χ2v) is 7.69. The van der Waals surface area contributed by atoms with Gasteiger partial charge in [0.25, 0.3) is 11.5 Å². The molecule has 3 rings (SSSR count). The van der Waals surface area contributed by atoms with Crippen LogP contribution < -0.4 is 10.9 Å². The van der Waals surface area contributed by atoms with Crippen molar-refractivity contribution < 1.29 is 4.79 Å². The molecular weight excluding hydrogens is 370 g/mol. The number of H-pyrrole nitrogens is 1. The first-order valence-electron chi connectivity index (χ1n) is 9.53. The highest BCUT2D eigenvalue weighted by molar-refractivity contribution is 7.71. The minimum absolute atomic E-state index is 0.0732. The SMILES string of the molecule is CCn1c(=S)[nH]c2cc(C(=O)NC(CC(C)C)c3ccccc3)ccc2c1=O. The van der Waals surface area contributed by atoms with E-state index in [0.29, 0.717) is 33.7 Å². The van der Waals surface area contributed by atoms with Crippen molar-refractivity contribution in [3.05, 3.63) is 74.8 Å². The van der Waals surface area contributed by atoms with Gasteiger partial charge < -0.3 is 10.3 Å². The van der Waals surface area contributed by atoms with Crippen LogP contribution >= 0.6 is 12.2 Å². The molecule has 28 heavy (non-hydrogen) atoms. The number of hydrogen-bond donors (Lipinski definition) is 2. The normalized spacial score (nSPS) is 12.3. The number of benzene rings is 2. The zero-order chi connectivity index (χ0) is 20.3. The molecule has 0 spiro atoms. The Balaban J connectivity index is 1.94. The standard InChI is InChI=1S/C22H25N3O2S/c1-4-25-21(27)17-11-10-16(13-19(17)24-22(25)28)20(26)23-18(12-14(2)3)15-8-6-5-7-9-15/h5-11,13-14,18H,4,12H2,1-3H3,(H,23,26)(H,24,28). The van der Waals surface area contributed by atoms with Crippen LogP contribution in [-0.2, 0) is 6.54 Å². The third-order valence-electron chi connectivity index (χ3n) is 4.77. The molecule has 5 nitrogen and oxygen atoms in total. The summed E-state index contributed by atoms with van der Waals surface area (Å²) < 4.78 is 1.87. The topological polar surface area (TPSA) is 66.9 Å². The van der Waals surface area contributed by atoms with Crippen LogP contribution in [0.2, 0.25) is 0 Å². The molecule has 146 valence electrons. The Kier molecular flexibility index (Phi) is 6.09. The van der Waals surface area contributed by atoms with Crippen molar-refractivity contribution in [2.75, 3.05) is 0 Å². The van der Waals surface area contributed by atoms with E-state index in [1.807, 2.05) is 37.3 Å². The van der Waals surface area contributed by atoms with Gasteiger partial charge in [-0.2, -0.15) is 0 Å². The number of carbonyl (C=O) groups excluding carboxylic acids is 1. The average molecular weight is 396 g/mol. The number of amides is 1. The lowest BCUT2D eigenvalue weighted by Crippen LogP contribution is -2.29. The summed E-state index contributed by atoms with van der Waals surface area (Å²) in [5.74, 6) is 0.265. The number of aromatic amines is 1. The van der Waals surface area contributed by atoms with Crippen molar-refractivity contribution in [3.8, 4) is 0 Å². The highest BCUT2D eigenvalue weighted by atomic mass is 32.1. The van der Waals surface area contributed by atoms with E-state index in [-0.39, 0.29) is 17.5 Å². The van der Waals surface area contributed by atoms with Crippen LogP contribution in [0.1, 0.15) is 49.2 Å². The van der Waals surface area contributed by atoms with Crippen LogP contribution in [0, 0.1) is 10.7 Å². The van der Waals surface area contributed by atoms with Gasteiger partial charge in [-0.15, -0.1) is 0 Å². The van der Waals surface area contributed by atoms with Gasteiger partial charge in [0.2, 0.25) is 0 Å². The summed E-state index contributed by atoms with van der Waals surface area (Å²) >= 11 is 5.26. The third-order valence-corrected chi connectivity index (χ3v) is 5.10. The second kappa shape index (κ2) is 8.52. The number of aromatic nitrogens is 2. The Labute approximate surface area is 169 Å². The van der Waals surface area contributed by atoms with E-state index in [2.05, 4.69) is 24.1 Å². The van der Waals surface area contributed by atoms with Gasteiger partial charge in [0.05, 0.1) is 16.9 Å². The highest BCUT2D eigenvalue weighted by Crippen LogP contribution is 2.22. The Morgan fingerprint density at radius 2 is 1.89 bits per heavy atom. The van der Waals surface area contributed by atoms with Gasteiger partial charge in [0, 0.05) is 12.1 Å². The molecule has 1 unspecified atom stereocenters. The van der Waals surface area contributed by atoms with Crippen LogP contribution in [0.4, 0.5) is 0 Å². The van der Waals surface area contributed by atoms with E-state index in [4.69, 9.17) is 12.2 Å². The minimum atomic E-state index is -0.171. The number of nitrogens with one attached hydrogen (secondary N) is 2. The molecule has 0 aliphatic carbocycles. The molecule has 2 aromatic carbocycles. The molecule has 2 N–H and O–H groups in total. The van der Waals surface area contributed by atoms with Crippen LogP contribution in [0.3, 0.4) is 0 Å². The van der Waals surface area contributed by atoms with Crippen molar-refractivity contribution >= 4 is 29.0 Å². The summed E-state index contributed by atoms with van der Waals surface area (Å²) in [6.07, 6.45) is 0.840. The monoisotopic (exact) mass is 395 g/mol. The zero-order valence-corrected chi connectivity index (χ0v) is 17.2. The molecule has 0 radical (unpaired) electrons. The molecule has 1 heterocycles. The number of rotatable bonds is 6. The lowest BCUT2D eigenvalue weighted by molar-refractivity contribution is 0.0932. The lowest BCUT2D eigenvalue weighted by atomic mass is 9.96. The first-order valence-corrected chi connectivity index (χ1v) is 9.94. The Hall–Kier alpha value is -2.73. The maximum Gasteiger partial charge on any atom is 0.262 e. The fourth-order valence-electron chi connectivity index (χ4n) is 3.36. The van der Waals surface area contributed by atoms with Crippen molar-refractivity contribution in [1.29, 1.82) is 0 Å². The van der Waals surface area contributed by atoms with Crippen LogP contribution in [-0.4, -0.2) is 15.5 Å². The molecule has 6 heteroatoms. The predicted molar refractivity (Wildman–Crippen MR) is 115 cm³/mol. The second-order valence-electron chi connectivity index (χ2n) is 7.31. The summed E-state index contributed by atoms with van der Waals surface area (Å²) in [5.41, 5.74) is 2.01. The fourth-order valence-corrected chi connectivity index (χ4v) is 3.68. The van der Waals surface area contributed by atoms with Gasteiger partial charge in [-0.1, -0.05) is 44.2 Å². The maximum absolute atomic E-state index is 12.9. The molecule has 3 aromatic rings. The molecular formula is C22H25N3O2S. The highest BCUT2D eigenvalue weighted by Gasteiger charge is 2.18. The molecule has 1 atom stereocenters. The molecule has 0 aliphatic heterocycles. The third kappa shape index (κ3) is 4.22. The summed E-state index contributed by atoms with van der Waals surface area (Å²) in [6.45, 7) is 6.64. The van der Waals surface area contributed by atoms with E-state index < -0.39 is 0 Å². The molecule has 0 fully saturated rings. The summed E-state index contributed by atoms with van der Waals surface area (Å²) in [4.78, 5) is 28.5. The van der Waals surface area contributed by atoms with Gasteiger partial charge in [-0.05, 0) is 55.2 Å². The van der Waals surface area contributed by atoms with Crippen LogP contribution in [0.15, 0.2) is 53.3 Å². The fraction of sp³-hybridized carbons (Fsp3) is 0.318. The predicted octanol–water partition coefficient (Wildman–Crippen LogP) is 4.60. The van der Waals surface area contributed by atoms with Crippen LogP contribution in [0.25, 0.3) is 10.9 Å². The first kappa shape index (κ1) is 20.0. The average Bonchev–Trinajstić information content (AvgIpc) is 2.67. The smallest absolute Gasteiger partial charge is 0.262 e. The number of nitrogens with zero attached hydrogens (tertiary/aromatic N) is 1. The Bertz CT molecular complexity index is 1100. The number of hydrogen-bond acceptors (Lipinski definition) is 3. The lowest BCUT2D eigenvalue weighted by Gasteiger charge is -2.21. The summed E-state index contributed by atoms with van der Waals surface area (Å²) in [6, 6.07) is 15.0. The Morgan fingerprint density at radius 1 is 1.18 bits per heavy atom. The van der Waals surface area contributed by atoms with Crippen LogP contribution in [0.5, 0.6) is 0 Å². The van der Waals surface area contributed by atoms with Crippen molar-refractivity contribution in [2.45, 2.75) is 39.8 Å². The molecule has 0 saturated carbocycles. The van der Waals surface area contributed by atoms with Crippen molar-refractivity contribution in [1.82, 2.24) is 14.9 Å². The van der Waals surface area contributed by atoms with E-state index in [9.17, 15) is 9.59 Å². The largest absolute Gasteiger partial charge is 0.345 e. The van der Waals surface area contributed by atoms with E-state index in [1.165, 1.54) is 4.57 Å². The van der Waals surface area contributed by atoms with E-state index in [0.717, 1.165) is 12.0 Å². The molecule has 1 aromatic heterocycles. The van der Waals surface area contributed by atoms with Gasteiger partial charge in [0.15, 0.2) is 4.77 Å². The number of fused-ring (bicyclic) bond motifs is 1. The summed E-state index contributed by atoms with van der Waals surface area (Å²) in [5, 5.41) is 3.66. The van der Waals surface area contributed by atoms with E-state index >= 15 is 0 Å². The molecule has 1 amide bonds. The molecule has 0 saturated heterocycles. The van der Waals surface area contributed by atoms with Gasteiger partial charge in [-0.3, -0.25) is 14.2 Å². The number of carbonyl (C=O) groups is 1. The van der Waals surface area contributed by atoms with Gasteiger partial charge in [-0.25, -0.2) is 0 Å². The Morgan fingerprint density at radius 3 is 2.54 bits per heavy atom. The molecule has 0 bridgehead atoms.